The number of rotatable bonds is 5. The molecule has 1 amide bonds. The lowest BCUT2D eigenvalue weighted by Crippen LogP contribution is -2.45. The van der Waals surface area contributed by atoms with Crippen LogP contribution in [0, 0.1) is 11.8 Å². The summed E-state index contributed by atoms with van der Waals surface area (Å²) in [6.45, 7) is 0.352. The molecule has 1 aromatic rings. The molecule has 21 heavy (non-hydrogen) atoms. The van der Waals surface area contributed by atoms with E-state index >= 15 is 0 Å². The van der Waals surface area contributed by atoms with Gasteiger partial charge in [0, 0.05) is 24.6 Å². The Bertz CT molecular complexity index is 540. The predicted octanol–water partition coefficient (Wildman–Crippen LogP) is 1.41. The second-order valence-corrected chi connectivity index (χ2v) is 5.13. The second kappa shape index (κ2) is 7.82. The molecule has 0 saturated heterocycles. The molecule has 0 unspecified atom stereocenters. The molecule has 2 rings (SSSR count). The Kier molecular flexibility index (Phi) is 5.79. The first kappa shape index (κ1) is 15.6. The van der Waals surface area contributed by atoms with Gasteiger partial charge in [0.25, 0.3) is 5.91 Å². The molecule has 1 aliphatic carbocycles. The van der Waals surface area contributed by atoms with Gasteiger partial charge in [-0.25, -0.2) is 0 Å². The third-order valence-electron chi connectivity index (χ3n) is 3.73. The van der Waals surface area contributed by atoms with Crippen molar-refractivity contribution in [2.75, 3.05) is 19.8 Å². The van der Waals surface area contributed by atoms with Crippen LogP contribution in [0.2, 0.25) is 0 Å². The summed E-state index contributed by atoms with van der Waals surface area (Å²) >= 11 is 0. The van der Waals surface area contributed by atoms with E-state index in [0.717, 1.165) is 19.3 Å². The lowest BCUT2D eigenvalue weighted by molar-refractivity contribution is 0.0525. The zero-order valence-corrected chi connectivity index (χ0v) is 12.1. The summed E-state index contributed by atoms with van der Waals surface area (Å²) in [7, 11) is 0. The van der Waals surface area contributed by atoms with E-state index in [2.05, 4.69) is 11.8 Å². The van der Waals surface area contributed by atoms with Crippen molar-refractivity contribution in [1.29, 1.82) is 0 Å². The Balaban J connectivity index is 2.23. The Morgan fingerprint density at radius 3 is 2.62 bits per heavy atom. The first-order valence-electron chi connectivity index (χ1n) is 7.38. The second-order valence-electron chi connectivity index (χ2n) is 5.13. The minimum atomic E-state index is -0.0670. The van der Waals surface area contributed by atoms with Crippen molar-refractivity contribution >= 4 is 5.91 Å². The normalized spacial score (nSPS) is 14.0. The standard InChI is InChI=1S/C17H21NO3/c19-12-4-3-7-14-6-1-2-10-16(14)17(21)18(11-13-20)15-8-5-9-15/h1-2,6,10,15,19-20H,4-5,8-9,11-13H2. The van der Waals surface area contributed by atoms with Gasteiger partial charge in [-0.1, -0.05) is 24.0 Å². The molecule has 2 N–H and O–H groups in total. The highest BCUT2D eigenvalue weighted by atomic mass is 16.3. The molecule has 1 fully saturated rings. The third kappa shape index (κ3) is 3.84. The van der Waals surface area contributed by atoms with Crippen LogP contribution in [0.15, 0.2) is 24.3 Å². The van der Waals surface area contributed by atoms with Crippen molar-refractivity contribution in [2.45, 2.75) is 31.7 Å². The molecule has 0 bridgehead atoms. The fourth-order valence-corrected chi connectivity index (χ4v) is 2.40. The van der Waals surface area contributed by atoms with Gasteiger partial charge < -0.3 is 15.1 Å². The summed E-state index contributed by atoms with van der Waals surface area (Å²) in [5.41, 5.74) is 1.25. The van der Waals surface area contributed by atoms with Crippen LogP contribution in [0.25, 0.3) is 0 Å². The topological polar surface area (TPSA) is 60.8 Å². The molecule has 0 aromatic heterocycles. The van der Waals surface area contributed by atoms with Gasteiger partial charge in [-0.3, -0.25) is 4.79 Å². The molecule has 0 radical (unpaired) electrons. The van der Waals surface area contributed by atoms with E-state index in [0.29, 0.717) is 24.1 Å². The van der Waals surface area contributed by atoms with E-state index in [1.807, 2.05) is 18.2 Å². The van der Waals surface area contributed by atoms with E-state index in [1.165, 1.54) is 0 Å². The smallest absolute Gasteiger partial charge is 0.255 e. The Hall–Kier alpha value is -1.83. The van der Waals surface area contributed by atoms with E-state index < -0.39 is 0 Å². The van der Waals surface area contributed by atoms with Gasteiger partial charge >= 0.3 is 0 Å². The van der Waals surface area contributed by atoms with Crippen molar-refractivity contribution in [3.63, 3.8) is 0 Å². The average Bonchev–Trinajstić information content (AvgIpc) is 2.45. The Labute approximate surface area is 125 Å². The van der Waals surface area contributed by atoms with Gasteiger partial charge in [0.2, 0.25) is 0 Å². The van der Waals surface area contributed by atoms with Crippen molar-refractivity contribution in [3.8, 4) is 11.8 Å². The summed E-state index contributed by atoms with van der Waals surface area (Å²) in [5.74, 6) is 5.73. The molecule has 0 spiro atoms. The Morgan fingerprint density at radius 1 is 1.24 bits per heavy atom. The molecule has 1 saturated carbocycles. The fourth-order valence-electron chi connectivity index (χ4n) is 2.40. The minimum absolute atomic E-state index is 0.0157. The maximum absolute atomic E-state index is 12.7. The highest BCUT2D eigenvalue weighted by Gasteiger charge is 2.29. The number of amides is 1. The van der Waals surface area contributed by atoms with Gasteiger partial charge in [-0.15, -0.1) is 0 Å². The maximum Gasteiger partial charge on any atom is 0.255 e. The zero-order valence-electron chi connectivity index (χ0n) is 12.1. The number of aliphatic hydroxyl groups excluding tert-OH is 2. The zero-order chi connectivity index (χ0) is 15.1. The van der Waals surface area contributed by atoms with Crippen molar-refractivity contribution in [3.05, 3.63) is 35.4 Å². The lowest BCUT2D eigenvalue weighted by Gasteiger charge is -2.37. The predicted molar refractivity (Wildman–Crippen MR) is 80.8 cm³/mol. The van der Waals surface area contributed by atoms with Crippen LogP contribution in [-0.2, 0) is 0 Å². The number of benzene rings is 1. The number of carbonyl (C=O) groups excluding carboxylic acids is 1. The summed E-state index contributed by atoms with van der Waals surface area (Å²) < 4.78 is 0. The minimum Gasteiger partial charge on any atom is -0.395 e. The molecule has 1 aliphatic rings. The summed E-state index contributed by atoms with van der Waals surface area (Å²) in [5, 5.41) is 18.0. The number of carbonyl (C=O) groups is 1. The van der Waals surface area contributed by atoms with Crippen LogP contribution in [0.1, 0.15) is 41.6 Å². The number of aliphatic hydroxyl groups is 2. The molecule has 0 atom stereocenters. The first-order valence-corrected chi connectivity index (χ1v) is 7.38. The van der Waals surface area contributed by atoms with Gasteiger partial charge in [-0.05, 0) is 31.4 Å². The number of hydrogen-bond donors (Lipinski definition) is 2. The Morgan fingerprint density at radius 2 is 2.00 bits per heavy atom. The van der Waals surface area contributed by atoms with Crippen LogP contribution in [-0.4, -0.2) is 46.8 Å². The average molecular weight is 287 g/mol. The molecule has 0 aliphatic heterocycles. The highest BCUT2D eigenvalue weighted by molar-refractivity contribution is 5.97. The summed E-state index contributed by atoms with van der Waals surface area (Å²) in [6.07, 6.45) is 3.54. The highest BCUT2D eigenvalue weighted by Crippen LogP contribution is 2.26. The molecule has 4 heteroatoms. The first-order chi connectivity index (χ1) is 10.3. The molecular formula is C17H21NO3. The van der Waals surface area contributed by atoms with Crippen molar-refractivity contribution < 1.29 is 15.0 Å². The van der Waals surface area contributed by atoms with Crippen LogP contribution in [0.4, 0.5) is 0 Å². The SMILES string of the molecule is O=C(c1ccccc1C#CCCO)N(CCO)C1CCC1. The monoisotopic (exact) mass is 287 g/mol. The maximum atomic E-state index is 12.7. The largest absolute Gasteiger partial charge is 0.395 e. The van der Waals surface area contributed by atoms with Crippen molar-refractivity contribution in [2.24, 2.45) is 0 Å². The van der Waals surface area contributed by atoms with E-state index in [-0.39, 0.29) is 25.2 Å². The molecule has 4 nitrogen and oxygen atoms in total. The van der Waals surface area contributed by atoms with Gasteiger partial charge in [0.05, 0.1) is 18.8 Å². The molecular weight excluding hydrogens is 266 g/mol. The third-order valence-corrected chi connectivity index (χ3v) is 3.73. The van der Waals surface area contributed by atoms with Crippen LogP contribution < -0.4 is 0 Å². The fraction of sp³-hybridized carbons (Fsp3) is 0.471. The van der Waals surface area contributed by atoms with Gasteiger partial charge in [0.15, 0.2) is 0 Å². The van der Waals surface area contributed by atoms with Crippen molar-refractivity contribution in [1.82, 2.24) is 4.90 Å². The van der Waals surface area contributed by atoms with Crippen LogP contribution >= 0.6 is 0 Å². The van der Waals surface area contributed by atoms with Gasteiger partial charge in [-0.2, -0.15) is 0 Å². The molecule has 112 valence electrons. The summed E-state index contributed by atoms with van der Waals surface area (Å²) in [4.78, 5) is 14.5. The van der Waals surface area contributed by atoms with E-state index in [4.69, 9.17) is 5.11 Å². The lowest BCUT2D eigenvalue weighted by atomic mass is 9.90. The number of hydrogen-bond acceptors (Lipinski definition) is 3. The van der Waals surface area contributed by atoms with Crippen LogP contribution in [0.3, 0.4) is 0 Å². The molecule has 1 aromatic carbocycles. The van der Waals surface area contributed by atoms with E-state index in [1.54, 1.807) is 11.0 Å². The summed E-state index contributed by atoms with van der Waals surface area (Å²) in [6, 6.07) is 7.49. The van der Waals surface area contributed by atoms with Crippen LogP contribution in [0.5, 0.6) is 0 Å². The van der Waals surface area contributed by atoms with Gasteiger partial charge in [0.1, 0.15) is 0 Å². The quantitative estimate of drug-likeness (QED) is 0.805. The van der Waals surface area contributed by atoms with E-state index in [9.17, 15) is 9.90 Å². The number of nitrogens with zero attached hydrogens (tertiary/aromatic N) is 1. The molecule has 0 heterocycles.